The molecule has 0 amide bonds. The number of rotatable bonds is 3. The third-order valence-corrected chi connectivity index (χ3v) is 4.83. The van der Waals surface area contributed by atoms with Gasteiger partial charge in [0.05, 0.1) is 16.8 Å². The number of pyridine rings is 2. The second-order valence-electron chi connectivity index (χ2n) is 7.00. The number of halogens is 3. The molecule has 0 aliphatic rings. The highest BCUT2D eigenvalue weighted by Crippen LogP contribution is 2.33. The Morgan fingerprint density at radius 1 is 0.968 bits per heavy atom. The molecule has 0 aliphatic heterocycles. The van der Waals surface area contributed by atoms with E-state index in [0.29, 0.717) is 33.9 Å². The normalized spacial score (nSPS) is 11.9. The summed E-state index contributed by atoms with van der Waals surface area (Å²) in [7, 11) is 0. The Morgan fingerprint density at radius 2 is 1.84 bits per heavy atom. The zero-order valence-corrected chi connectivity index (χ0v) is 16.2. The third-order valence-electron chi connectivity index (χ3n) is 4.83. The van der Waals surface area contributed by atoms with Crippen molar-refractivity contribution in [2.45, 2.75) is 13.1 Å². The fourth-order valence-corrected chi connectivity index (χ4v) is 3.36. The van der Waals surface area contributed by atoms with Gasteiger partial charge in [-0.25, -0.2) is 14.5 Å². The Morgan fingerprint density at radius 3 is 2.65 bits per heavy atom. The molecule has 0 atom stereocenters. The molecule has 6 nitrogen and oxygen atoms in total. The summed E-state index contributed by atoms with van der Waals surface area (Å²) in [4.78, 5) is 13.2. The Kier molecular flexibility index (Phi) is 4.32. The van der Waals surface area contributed by atoms with Gasteiger partial charge in [0.2, 0.25) is 5.82 Å². The summed E-state index contributed by atoms with van der Waals surface area (Å²) >= 11 is 0. The maximum absolute atomic E-state index is 13.1. The quantitative estimate of drug-likeness (QED) is 0.423. The molecule has 0 unspecified atom stereocenters. The average molecular weight is 420 g/mol. The van der Waals surface area contributed by atoms with Crippen molar-refractivity contribution >= 4 is 27.9 Å². The van der Waals surface area contributed by atoms with Crippen LogP contribution in [0.15, 0.2) is 67.0 Å². The molecule has 5 rings (SSSR count). The molecule has 0 saturated heterocycles. The van der Waals surface area contributed by atoms with E-state index in [0.717, 1.165) is 17.8 Å². The summed E-state index contributed by atoms with van der Waals surface area (Å²) in [5.41, 5.74) is 2.25. The Hall–Kier alpha value is -4.01. The molecule has 0 fully saturated rings. The topological polar surface area (TPSA) is 68.0 Å². The van der Waals surface area contributed by atoms with Crippen LogP contribution in [0.2, 0.25) is 0 Å². The van der Waals surface area contributed by atoms with Crippen molar-refractivity contribution in [1.29, 1.82) is 0 Å². The Balaban J connectivity index is 1.62. The van der Waals surface area contributed by atoms with E-state index < -0.39 is 11.7 Å². The van der Waals surface area contributed by atoms with Crippen LogP contribution in [0.5, 0.6) is 0 Å². The van der Waals surface area contributed by atoms with Crippen LogP contribution in [-0.2, 0) is 6.18 Å². The van der Waals surface area contributed by atoms with Gasteiger partial charge in [-0.1, -0.05) is 12.1 Å². The minimum Gasteiger partial charge on any atom is -0.338 e. The summed E-state index contributed by atoms with van der Waals surface area (Å²) in [6.45, 7) is 1.88. The predicted molar refractivity (Wildman–Crippen MR) is 111 cm³/mol. The molecule has 0 radical (unpaired) electrons. The number of alkyl halides is 3. The standard InChI is InChI=1S/C22H15F3N6/c1-13-4-2-5-17(27-13)20-29-21(19-6-3-11-31(19)30-20)28-16-9-10-26-18-12-14(22(23,24)25)7-8-15(16)18/h2-12H,1H3,(H,26,28,29,30). The van der Waals surface area contributed by atoms with Gasteiger partial charge in [0.1, 0.15) is 11.2 Å². The molecule has 1 aromatic carbocycles. The number of hydrogen-bond acceptors (Lipinski definition) is 5. The van der Waals surface area contributed by atoms with Gasteiger partial charge in [-0.05, 0) is 49.4 Å². The SMILES string of the molecule is Cc1cccc(-c2nc(Nc3ccnc4cc(C(F)(F)F)ccc34)c3cccn3n2)n1. The largest absolute Gasteiger partial charge is 0.416 e. The summed E-state index contributed by atoms with van der Waals surface area (Å²) in [6, 6.07) is 14.5. The highest BCUT2D eigenvalue weighted by Gasteiger charge is 2.30. The summed E-state index contributed by atoms with van der Waals surface area (Å²) in [5.74, 6) is 0.929. The number of anilines is 2. The van der Waals surface area contributed by atoms with Crippen LogP contribution in [-0.4, -0.2) is 24.6 Å². The second kappa shape index (κ2) is 7.05. The number of nitrogens with one attached hydrogen (secondary N) is 1. The lowest BCUT2D eigenvalue weighted by Gasteiger charge is -2.13. The van der Waals surface area contributed by atoms with Gasteiger partial charge in [-0.2, -0.15) is 13.2 Å². The van der Waals surface area contributed by atoms with Crippen molar-refractivity contribution in [3.63, 3.8) is 0 Å². The number of fused-ring (bicyclic) bond motifs is 2. The van der Waals surface area contributed by atoms with Crippen LogP contribution in [0.3, 0.4) is 0 Å². The predicted octanol–water partition coefficient (Wildman–Crippen LogP) is 5.41. The van der Waals surface area contributed by atoms with Crippen LogP contribution in [0.1, 0.15) is 11.3 Å². The van der Waals surface area contributed by atoms with E-state index in [4.69, 9.17) is 0 Å². The van der Waals surface area contributed by atoms with Crippen LogP contribution < -0.4 is 5.32 Å². The lowest BCUT2D eigenvalue weighted by molar-refractivity contribution is -0.137. The van der Waals surface area contributed by atoms with Crippen molar-refractivity contribution in [2.24, 2.45) is 0 Å². The Bertz CT molecular complexity index is 1420. The van der Waals surface area contributed by atoms with E-state index in [-0.39, 0.29) is 5.52 Å². The van der Waals surface area contributed by atoms with E-state index in [1.54, 1.807) is 16.8 Å². The van der Waals surface area contributed by atoms with E-state index in [1.165, 1.54) is 12.3 Å². The Labute approximate surface area is 174 Å². The van der Waals surface area contributed by atoms with Gasteiger partial charge in [-0.15, -0.1) is 5.10 Å². The van der Waals surface area contributed by atoms with E-state index >= 15 is 0 Å². The average Bonchev–Trinajstić information content (AvgIpc) is 3.22. The maximum Gasteiger partial charge on any atom is 0.416 e. The monoisotopic (exact) mass is 420 g/mol. The van der Waals surface area contributed by atoms with Gasteiger partial charge in [0.25, 0.3) is 0 Å². The van der Waals surface area contributed by atoms with Crippen LogP contribution in [0.25, 0.3) is 27.9 Å². The molecule has 4 heterocycles. The van der Waals surface area contributed by atoms with Crippen molar-refractivity contribution in [3.05, 3.63) is 78.2 Å². The number of benzene rings is 1. The lowest BCUT2D eigenvalue weighted by Crippen LogP contribution is -2.06. The molecule has 1 N–H and O–H groups in total. The van der Waals surface area contributed by atoms with Crippen LogP contribution in [0, 0.1) is 6.92 Å². The van der Waals surface area contributed by atoms with Gasteiger partial charge in [-0.3, -0.25) is 4.98 Å². The first-order chi connectivity index (χ1) is 14.9. The molecule has 4 aromatic heterocycles. The van der Waals surface area contributed by atoms with E-state index in [9.17, 15) is 13.2 Å². The first kappa shape index (κ1) is 19.0. The molecule has 0 aliphatic carbocycles. The molecule has 0 bridgehead atoms. The first-order valence-corrected chi connectivity index (χ1v) is 9.41. The molecule has 154 valence electrons. The summed E-state index contributed by atoms with van der Waals surface area (Å²) in [5, 5.41) is 8.30. The fourth-order valence-electron chi connectivity index (χ4n) is 3.36. The zero-order valence-electron chi connectivity index (χ0n) is 16.2. The molecule has 0 spiro atoms. The maximum atomic E-state index is 13.1. The minimum atomic E-state index is -4.43. The van der Waals surface area contributed by atoms with Crippen molar-refractivity contribution < 1.29 is 13.2 Å². The van der Waals surface area contributed by atoms with Gasteiger partial charge >= 0.3 is 6.18 Å². The molecule has 9 heteroatoms. The molecular weight excluding hydrogens is 405 g/mol. The minimum absolute atomic E-state index is 0.237. The number of hydrogen-bond donors (Lipinski definition) is 1. The third kappa shape index (κ3) is 3.54. The zero-order chi connectivity index (χ0) is 21.6. The number of aryl methyl sites for hydroxylation is 1. The second-order valence-corrected chi connectivity index (χ2v) is 7.00. The molecule has 31 heavy (non-hydrogen) atoms. The fraction of sp³-hybridized carbons (Fsp3) is 0.0909. The van der Waals surface area contributed by atoms with E-state index in [2.05, 4.69) is 25.4 Å². The van der Waals surface area contributed by atoms with Crippen molar-refractivity contribution in [1.82, 2.24) is 24.6 Å². The van der Waals surface area contributed by atoms with Crippen LogP contribution >= 0.6 is 0 Å². The first-order valence-electron chi connectivity index (χ1n) is 9.41. The smallest absolute Gasteiger partial charge is 0.338 e. The summed E-state index contributed by atoms with van der Waals surface area (Å²) < 4.78 is 40.9. The van der Waals surface area contributed by atoms with Gasteiger partial charge in [0.15, 0.2) is 5.82 Å². The van der Waals surface area contributed by atoms with Crippen molar-refractivity contribution in [3.8, 4) is 11.5 Å². The van der Waals surface area contributed by atoms with Gasteiger partial charge < -0.3 is 5.32 Å². The van der Waals surface area contributed by atoms with Crippen LogP contribution in [0.4, 0.5) is 24.7 Å². The number of nitrogens with zero attached hydrogens (tertiary/aromatic N) is 5. The highest BCUT2D eigenvalue weighted by atomic mass is 19.4. The van der Waals surface area contributed by atoms with Crippen molar-refractivity contribution in [2.75, 3.05) is 5.32 Å². The molecule has 5 aromatic rings. The highest BCUT2D eigenvalue weighted by molar-refractivity contribution is 5.94. The molecular formula is C22H15F3N6. The van der Waals surface area contributed by atoms with E-state index in [1.807, 2.05) is 37.3 Å². The molecule has 0 saturated carbocycles. The summed E-state index contributed by atoms with van der Waals surface area (Å²) in [6.07, 6.45) is -1.17. The lowest BCUT2D eigenvalue weighted by atomic mass is 10.1. The number of aromatic nitrogens is 5. The van der Waals surface area contributed by atoms with Gasteiger partial charge in [0, 0.05) is 23.5 Å².